The predicted molar refractivity (Wildman–Crippen MR) is 83.5 cm³/mol. The molecule has 0 fully saturated rings. The van der Waals surface area contributed by atoms with Crippen LogP contribution in [0.4, 0.5) is 9.57 Å². The molecule has 0 radical (unpaired) electrons. The van der Waals surface area contributed by atoms with Crippen LogP contribution in [0, 0.1) is 3.57 Å². The molecule has 0 aliphatic rings. The Hall–Kier alpha value is -1.68. The first-order valence-electron chi connectivity index (χ1n) is 5.62. The molecule has 0 saturated carbocycles. The molecule has 0 aliphatic carbocycles. The third-order valence-electron chi connectivity index (χ3n) is 2.61. The van der Waals surface area contributed by atoms with Gasteiger partial charge in [0.05, 0.1) is 9.26 Å². The summed E-state index contributed by atoms with van der Waals surface area (Å²) < 4.78 is 35.7. The third-order valence-corrected chi connectivity index (χ3v) is 4.40. The average Bonchev–Trinajstić information content (AvgIpc) is 2.41. The molecule has 2 rings (SSSR count). The molecule has 0 saturated heterocycles. The van der Waals surface area contributed by atoms with Crippen molar-refractivity contribution < 1.29 is 22.2 Å². The summed E-state index contributed by atoms with van der Waals surface area (Å²) in [6.45, 7) is 0. The number of hydrogen-bond acceptors (Lipinski definition) is 4. The van der Waals surface area contributed by atoms with Crippen LogP contribution in [0.3, 0.4) is 0 Å². The van der Waals surface area contributed by atoms with Gasteiger partial charge in [0.2, 0.25) is 0 Å². The van der Waals surface area contributed by atoms with Crippen molar-refractivity contribution in [1.29, 1.82) is 0 Å². The largest absolute Gasteiger partial charge is 0.507 e. The van der Waals surface area contributed by atoms with Gasteiger partial charge in [0, 0.05) is 5.56 Å². The lowest BCUT2D eigenvalue weighted by atomic mass is 10.2. The Kier molecular flexibility index (Phi) is 4.47. The summed E-state index contributed by atoms with van der Waals surface area (Å²) in [4.78, 5) is 11.4. The summed E-state index contributed by atoms with van der Waals surface area (Å²) in [6.07, 6.45) is 0. The number of halogens is 2. The van der Waals surface area contributed by atoms with E-state index >= 15 is 0 Å². The highest BCUT2D eigenvalue weighted by atomic mass is 127. The number of hydrogen-bond donors (Lipinski definition) is 2. The summed E-state index contributed by atoms with van der Waals surface area (Å²) in [7, 11) is -4.94. The molecule has 1 amide bonds. The minimum absolute atomic E-state index is 0.0744. The molecule has 2 N–H and O–H groups in total. The zero-order valence-electron chi connectivity index (χ0n) is 10.4. The number of rotatable bonds is 3. The highest BCUT2D eigenvalue weighted by molar-refractivity contribution is 14.1. The van der Waals surface area contributed by atoms with Gasteiger partial charge in [0.1, 0.15) is 10.6 Å². The number of phenolic OH excluding ortho intramolecular Hbond substituents is 1. The molecule has 0 bridgehead atoms. The molecule has 0 aromatic heterocycles. The zero-order chi connectivity index (χ0) is 15.6. The normalized spacial score (nSPS) is 11.1. The molecule has 0 atom stereocenters. The van der Waals surface area contributed by atoms with Gasteiger partial charge in [-0.2, -0.15) is 8.42 Å². The van der Waals surface area contributed by atoms with Gasteiger partial charge >= 0.3 is 10.2 Å². The Morgan fingerprint density at radius 1 is 1.19 bits per heavy atom. The fourth-order valence-corrected chi connectivity index (χ4v) is 2.59. The Bertz CT molecular complexity index is 808. The Morgan fingerprint density at radius 2 is 1.86 bits per heavy atom. The summed E-state index contributed by atoms with van der Waals surface area (Å²) >= 11 is 1.89. The van der Waals surface area contributed by atoms with Crippen LogP contribution in [-0.2, 0) is 10.2 Å². The maximum atomic E-state index is 13.1. The standard InChI is InChI=1S/C13H9FINO4S/c14-21(19,20)12-4-2-1-3-10(12)16-13(18)8-5-6-9(15)11(17)7-8/h1-7,17H,(H,16,18). The van der Waals surface area contributed by atoms with E-state index in [0.717, 1.165) is 6.07 Å². The zero-order valence-corrected chi connectivity index (χ0v) is 13.4. The number of carbonyl (C=O) groups excluding carboxylic acids is 1. The van der Waals surface area contributed by atoms with E-state index in [1.54, 1.807) is 0 Å². The maximum absolute atomic E-state index is 13.1. The van der Waals surface area contributed by atoms with Crippen LogP contribution in [0.25, 0.3) is 0 Å². The molecule has 5 nitrogen and oxygen atoms in total. The van der Waals surface area contributed by atoms with Crippen LogP contribution in [0.15, 0.2) is 47.4 Å². The van der Waals surface area contributed by atoms with Gasteiger partial charge in [-0.05, 0) is 52.9 Å². The van der Waals surface area contributed by atoms with Crippen molar-refractivity contribution in [2.75, 3.05) is 5.32 Å². The van der Waals surface area contributed by atoms with E-state index in [9.17, 15) is 22.2 Å². The molecule has 8 heteroatoms. The van der Waals surface area contributed by atoms with Crippen LogP contribution in [-0.4, -0.2) is 19.4 Å². The SMILES string of the molecule is O=C(Nc1ccccc1S(=O)(=O)F)c1ccc(I)c(O)c1. The minimum Gasteiger partial charge on any atom is -0.507 e. The van der Waals surface area contributed by atoms with E-state index in [4.69, 9.17) is 0 Å². The Labute approximate surface area is 134 Å². The summed E-state index contributed by atoms with van der Waals surface area (Å²) in [5.41, 5.74) is -0.0398. The fourth-order valence-electron chi connectivity index (χ4n) is 1.63. The maximum Gasteiger partial charge on any atom is 0.334 e. The summed E-state index contributed by atoms with van der Waals surface area (Å²) in [5.74, 6) is -0.729. The highest BCUT2D eigenvalue weighted by Gasteiger charge is 2.19. The van der Waals surface area contributed by atoms with Gasteiger partial charge in [0.15, 0.2) is 0 Å². The molecule has 0 aliphatic heterocycles. The molecule has 110 valence electrons. The van der Waals surface area contributed by atoms with Crippen LogP contribution >= 0.6 is 22.6 Å². The second-order valence-electron chi connectivity index (χ2n) is 4.05. The van der Waals surface area contributed by atoms with E-state index < -0.39 is 21.0 Å². The topological polar surface area (TPSA) is 83.5 Å². The van der Waals surface area contributed by atoms with Gasteiger partial charge in [0.25, 0.3) is 5.91 Å². The molecule has 2 aromatic rings. The van der Waals surface area contributed by atoms with Crippen molar-refractivity contribution in [3.8, 4) is 5.75 Å². The second kappa shape index (κ2) is 5.98. The number of para-hydroxylation sites is 1. The van der Waals surface area contributed by atoms with E-state index in [-0.39, 0.29) is 17.0 Å². The molecular weight excluding hydrogens is 412 g/mol. The molecule has 0 spiro atoms. The van der Waals surface area contributed by atoms with Gasteiger partial charge in [-0.25, -0.2) is 0 Å². The van der Waals surface area contributed by atoms with Crippen LogP contribution in [0.5, 0.6) is 5.75 Å². The molecule has 0 unspecified atom stereocenters. The second-order valence-corrected chi connectivity index (χ2v) is 6.53. The molecule has 21 heavy (non-hydrogen) atoms. The number of benzene rings is 2. The third kappa shape index (κ3) is 3.70. The average molecular weight is 421 g/mol. The van der Waals surface area contributed by atoms with Crippen LogP contribution < -0.4 is 5.32 Å². The number of anilines is 1. The predicted octanol–water partition coefficient (Wildman–Crippen LogP) is 2.91. The summed E-state index contributed by atoms with van der Waals surface area (Å²) in [6, 6.07) is 9.37. The molecule has 2 aromatic carbocycles. The van der Waals surface area contributed by atoms with Crippen molar-refractivity contribution in [3.05, 3.63) is 51.6 Å². The van der Waals surface area contributed by atoms with Crippen molar-refractivity contribution in [3.63, 3.8) is 0 Å². The first kappa shape index (κ1) is 15.7. The van der Waals surface area contributed by atoms with E-state index in [1.165, 1.54) is 36.4 Å². The minimum atomic E-state index is -4.94. The van der Waals surface area contributed by atoms with Gasteiger partial charge < -0.3 is 10.4 Å². The van der Waals surface area contributed by atoms with E-state index in [1.807, 2.05) is 22.6 Å². The van der Waals surface area contributed by atoms with Crippen LogP contribution in [0.2, 0.25) is 0 Å². The Morgan fingerprint density at radius 3 is 2.48 bits per heavy atom. The number of nitrogens with one attached hydrogen (secondary N) is 1. The van der Waals surface area contributed by atoms with Crippen molar-refractivity contribution in [1.82, 2.24) is 0 Å². The molecule has 0 heterocycles. The van der Waals surface area contributed by atoms with Crippen molar-refractivity contribution >= 4 is 44.4 Å². The number of carbonyl (C=O) groups is 1. The number of aromatic hydroxyl groups is 1. The van der Waals surface area contributed by atoms with Crippen molar-refractivity contribution in [2.45, 2.75) is 4.90 Å². The first-order valence-corrected chi connectivity index (χ1v) is 8.09. The van der Waals surface area contributed by atoms with Gasteiger partial charge in [-0.15, -0.1) is 3.89 Å². The first-order chi connectivity index (χ1) is 9.79. The van der Waals surface area contributed by atoms with E-state index in [2.05, 4.69) is 5.32 Å². The molecular formula is C13H9FINO4S. The monoisotopic (exact) mass is 421 g/mol. The Balaban J connectivity index is 2.34. The van der Waals surface area contributed by atoms with Gasteiger partial charge in [-0.3, -0.25) is 4.79 Å². The lowest BCUT2D eigenvalue weighted by molar-refractivity contribution is 0.102. The van der Waals surface area contributed by atoms with Gasteiger partial charge in [-0.1, -0.05) is 12.1 Å². The lowest BCUT2D eigenvalue weighted by Gasteiger charge is -2.09. The van der Waals surface area contributed by atoms with Crippen molar-refractivity contribution in [2.24, 2.45) is 0 Å². The lowest BCUT2D eigenvalue weighted by Crippen LogP contribution is -2.14. The van der Waals surface area contributed by atoms with Crippen LogP contribution in [0.1, 0.15) is 10.4 Å². The fraction of sp³-hybridized carbons (Fsp3) is 0. The van der Waals surface area contributed by atoms with E-state index in [0.29, 0.717) is 3.57 Å². The smallest absolute Gasteiger partial charge is 0.334 e. The highest BCUT2D eigenvalue weighted by Crippen LogP contribution is 2.25. The quantitative estimate of drug-likeness (QED) is 0.590. The number of phenols is 1. The summed E-state index contributed by atoms with van der Waals surface area (Å²) in [5, 5.41) is 11.9. The number of amides is 1.